The number of ether oxygens (including phenoxy) is 2. The number of rotatable bonds is 8. The van der Waals surface area contributed by atoms with E-state index in [1.165, 1.54) is 13.3 Å². The number of para-hydroxylation sites is 1. The lowest BCUT2D eigenvalue weighted by Gasteiger charge is -2.13. The van der Waals surface area contributed by atoms with Gasteiger partial charge < -0.3 is 20.1 Å². The molecular weight excluding hydrogens is 472 g/mol. The van der Waals surface area contributed by atoms with E-state index in [4.69, 9.17) is 9.47 Å². The number of aryl methyl sites for hydroxylation is 3. The van der Waals surface area contributed by atoms with Crippen molar-refractivity contribution < 1.29 is 23.9 Å². The van der Waals surface area contributed by atoms with Gasteiger partial charge in [-0.2, -0.15) is 5.10 Å². The second-order valence-corrected chi connectivity index (χ2v) is 8.41. The van der Waals surface area contributed by atoms with Crippen LogP contribution in [0.5, 0.6) is 11.5 Å². The average molecular weight is 503 g/mol. The van der Waals surface area contributed by atoms with Crippen LogP contribution in [-0.4, -0.2) is 37.7 Å². The molecule has 3 N–H and O–H groups in total. The number of hydrogen-bond donors (Lipinski definition) is 3. The van der Waals surface area contributed by atoms with Crippen LogP contribution in [0, 0.1) is 27.7 Å². The number of nitrogens with one attached hydrogen (secondary N) is 3. The number of amides is 3. The molecule has 0 spiro atoms. The molecule has 3 rings (SSSR count). The number of nitrogens with zero attached hydrogens (tertiary/aromatic N) is 1. The Bertz CT molecular complexity index is 1330. The molecule has 0 fully saturated rings. The minimum atomic E-state index is -0.904. The van der Waals surface area contributed by atoms with Crippen molar-refractivity contribution >= 4 is 35.3 Å². The molecule has 3 amide bonds. The zero-order valence-electron chi connectivity index (χ0n) is 21.5. The van der Waals surface area contributed by atoms with Crippen molar-refractivity contribution in [3.05, 3.63) is 82.4 Å². The number of hydrazone groups is 1. The Morgan fingerprint density at radius 3 is 2.22 bits per heavy atom. The number of anilines is 2. The van der Waals surface area contributed by atoms with Gasteiger partial charge in [0.25, 0.3) is 5.91 Å². The van der Waals surface area contributed by atoms with Gasteiger partial charge in [0.05, 0.1) is 13.3 Å². The van der Waals surface area contributed by atoms with Gasteiger partial charge in [0.15, 0.2) is 18.1 Å². The summed E-state index contributed by atoms with van der Waals surface area (Å²) in [6.45, 7) is 7.42. The monoisotopic (exact) mass is 502 g/mol. The van der Waals surface area contributed by atoms with Crippen LogP contribution in [0.3, 0.4) is 0 Å². The summed E-state index contributed by atoms with van der Waals surface area (Å²) in [5, 5.41) is 9.28. The first-order chi connectivity index (χ1) is 17.7. The molecule has 0 bridgehead atoms. The lowest BCUT2D eigenvalue weighted by atomic mass is 10.1. The Morgan fingerprint density at radius 2 is 1.51 bits per heavy atom. The molecule has 0 heterocycles. The van der Waals surface area contributed by atoms with Crippen molar-refractivity contribution in [2.45, 2.75) is 27.7 Å². The zero-order valence-corrected chi connectivity index (χ0v) is 21.5. The van der Waals surface area contributed by atoms with Crippen LogP contribution in [-0.2, 0) is 14.4 Å². The van der Waals surface area contributed by atoms with E-state index in [-0.39, 0.29) is 12.5 Å². The lowest BCUT2D eigenvalue weighted by Crippen LogP contribution is -2.32. The smallest absolute Gasteiger partial charge is 0.329 e. The van der Waals surface area contributed by atoms with Gasteiger partial charge in [0, 0.05) is 11.4 Å². The maximum atomic E-state index is 12.4. The molecule has 0 radical (unpaired) electrons. The van der Waals surface area contributed by atoms with E-state index < -0.39 is 11.8 Å². The molecule has 0 aliphatic rings. The highest BCUT2D eigenvalue weighted by Crippen LogP contribution is 2.28. The second-order valence-electron chi connectivity index (χ2n) is 8.41. The Labute approximate surface area is 215 Å². The van der Waals surface area contributed by atoms with Crippen LogP contribution in [0.1, 0.15) is 27.8 Å². The van der Waals surface area contributed by atoms with Gasteiger partial charge in [-0.05, 0) is 79.8 Å². The van der Waals surface area contributed by atoms with Crippen molar-refractivity contribution in [1.82, 2.24) is 5.43 Å². The first kappa shape index (κ1) is 26.9. The summed E-state index contributed by atoms with van der Waals surface area (Å²) in [7, 11) is 1.47. The Balaban J connectivity index is 1.56. The first-order valence-corrected chi connectivity index (χ1v) is 11.6. The normalized spacial score (nSPS) is 10.6. The molecule has 0 unspecified atom stereocenters. The molecule has 192 valence electrons. The quantitative estimate of drug-likeness (QED) is 0.244. The van der Waals surface area contributed by atoms with E-state index in [9.17, 15) is 14.4 Å². The molecule has 0 aliphatic carbocycles. The molecule has 3 aromatic carbocycles. The van der Waals surface area contributed by atoms with Crippen LogP contribution < -0.4 is 25.5 Å². The van der Waals surface area contributed by atoms with Crippen LogP contribution in [0.4, 0.5) is 11.4 Å². The number of methoxy groups -OCH3 is 1. The predicted molar refractivity (Wildman–Crippen MR) is 143 cm³/mol. The van der Waals surface area contributed by atoms with E-state index >= 15 is 0 Å². The van der Waals surface area contributed by atoms with Crippen LogP contribution in [0.2, 0.25) is 0 Å². The van der Waals surface area contributed by atoms with Gasteiger partial charge in [0.1, 0.15) is 0 Å². The Morgan fingerprint density at radius 1 is 0.838 bits per heavy atom. The number of carbonyl (C=O) groups is 3. The standard InChI is InChI=1S/C28H30N4O5/c1-17-8-7-11-22(20(17)4)30-27(34)28(35)32-29-15-21-12-13-23(24(14-21)36-5)37-16-25(33)31-26-18(2)9-6-10-19(26)3/h6-15H,16H2,1-5H3,(H,30,34)(H,31,33)(H,32,35)/b29-15-. The molecule has 0 aromatic heterocycles. The summed E-state index contributed by atoms with van der Waals surface area (Å²) in [6, 6.07) is 16.1. The minimum absolute atomic E-state index is 0.205. The van der Waals surface area contributed by atoms with Gasteiger partial charge in [-0.3, -0.25) is 14.4 Å². The fourth-order valence-electron chi connectivity index (χ4n) is 3.50. The van der Waals surface area contributed by atoms with Crippen molar-refractivity contribution in [3.8, 4) is 11.5 Å². The third-order valence-corrected chi connectivity index (χ3v) is 5.73. The van der Waals surface area contributed by atoms with E-state index in [1.807, 2.05) is 52.0 Å². The molecule has 0 atom stereocenters. The summed E-state index contributed by atoms with van der Waals surface area (Å²) >= 11 is 0. The lowest BCUT2D eigenvalue weighted by molar-refractivity contribution is -0.136. The highest BCUT2D eigenvalue weighted by Gasteiger charge is 2.15. The van der Waals surface area contributed by atoms with E-state index in [2.05, 4.69) is 21.2 Å². The van der Waals surface area contributed by atoms with Gasteiger partial charge in [0.2, 0.25) is 0 Å². The Kier molecular flexibility index (Phi) is 8.99. The fraction of sp³-hybridized carbons (Fsp3) is 0.214. The zero-order chi connectivity index (χ0) is 26.9. The number of benzene rings is 3. The van der Waals surface area contributed by atoms with Gasteiger partial charge in [-0.1, -0.05) is 30.3 Å². The van der Waals surface area contributed by atoms with Crippen LogP contribution >= 0.6 is 0 Å². The molecule has 9 nitrogen and oxygen atoms in total. The highest BCUT2D eigenvalue weighted by molar-refractivity contribution is 6.39. The highest BCUT2D eigenvalue weighted by atomic mass is 16.5. The van der Waals surface area contributed by atoms with Gasteiger partial charge in [-0.25, -0.2) is 5.43 Å². The largest absolute Gasteiger partial charge is 0.493 e. The van der Waals surface area contributed by atoms with Crippen molar-refractivity contribution in [2.24, 2.45) is 5.10 Å². The predicted octanol–water partition coefficient (Wildman–Crippen LogP) is 4.04. The summed E-state index contributed by atoms with van der Waals surface area (Å²) in [4.78, 5) is 36.7. The van der Waals surface area contributed by atoms with E-state index in [0.717, 1.165) is 27.9 Å². The van der Waals surface area contributed by atoms with Crippen LogP contribution in [0.25, 0.3) is 0 Å². The molecule has 0 aliphatic heterocycles. The fourth-order valence-corrected chi connectivity index (χ4v) is 3.50. The molecule has 37 heavy (non-hydrogen) atoms. The first-order valence-electron chi connectivity index (χ1n) is 11.6. The third-order valence-electron chi connectivity index (χ3n) is 5.73. The second kappa shape index (κ2) is 12.3. The maximum absolute atomic E-state index is 12.4. The molecule has 3 aromatic rings. The van der Waals surface area contributed by atoms with Gasteiger partial charge in [-0.15, -0.1) is 0 Å². The van der Waals surface area contributed by atoms with E-state index in [1.54, 1.807) is 30.3 Å². The van der Waals surface area contributed by atoms with Crippen molar-refractivity contribution in [3.63, 3.8) is 0 Å². The summed E-state index contributed by atoms with van der Waals surface area (Å²) in [5.74, 6) is -1.28. The summed E-state index contributed by atoms with van der Waals surface area (Å²) in [5.41, 5.74) is 7.91. The molecular formula is C28H30N4O5. The van der Waals surface area contributed by atoms with Crippen molar-refractivity contribution in [2.75, 3.05) is 24.4 Å². The summed E-state index contributed by atoms with van der Waals surface area (Å²) in [6.07, 6.45) is 1.36. The number of carbonyl (C=O) groups excluding carboxylic acids is 3. The van der Waals surface area contributed by atoms with Crippen molar-refractivity contribution in [1.29, 1.82) is 0 Å². The third kappa shape index (κ3) is 7.17. The molecule has 9 heteroatoms. The van der Waals surface area contributed by atoms with E-state index in [0.29, 0.717) is 22.7 Å². The Hall–Kier alpha value is -4.66. The van der Waals surface area contributed by atoms with Gasteiger partial charge >= 0.3 is 11.8 Å². The minimum Gasteiger partial charge on any atom is -0.493 e. The maximum Gasteiger partial charge on any atom is 0.329 e. The average Bonchev–Trinajstić information content (AvgIpc) is 2.88. The molecule has 0 saturated carbocycles. The summed E-state index contributed by atoms with van der Waals surface area (Å²) < 4.78 is 11.0. The van der Waals surface area contributed by atoms with Crippen LogP contribution in [0.15, 0.2) is 59.7 Å². The number of hydrogen-bond acceptors (Lipinski definition) is 6. The molecule has 0 saturated heterocycles. The SMILES string of the molecule is COc1cc(/C=N\NC(=O)C(=O)Nc2cccc(C)c2C)ccc1OCC(=O)Nc1c(C)cccc1C. The topological polar surface area (TPSA) is 118 Å².